The number of ketones is 1. The van der Waals surface area contributed by atoms with E-state index in [2.05, 4.69) is 17.1 Å². The Balaban J connectivity index is 1.64. The number of carbonyl (C=O) groups excluding carboxylic acids is 1. The predicted octanol–water partition coefficient (Wildman–Crippen LogP) is 6.60. The molecule has 0 spiro atoms. The summed E-state index contributed by atoms with van der Waals surface area (Å²) in [6, 6.07) is 31.8. The zero-order valence-electron chi connectivity index (χ0n) is 17.7. The van der Waals surface area contributed by atoms with Crippen LogP contribution in [0.5, 0.6) is 0 Å². The smallest absolute Gasteiger partial charge is 0.190 e. The van der Waals surface area contributed by atoms with E-state index in [1.165, 1.54) is 0 Å². The number of allylic oxidation sites excluding steroid dienone is 1. The van der Waals surface area contributed by atoms with E-state index in [0.717, 1.165) is 38.4 Å². The molecule has 4 heteroatoms. The fourth-order valence-corrected chi connectivity index (χ4v) is 4.29. The van der Waals surface area contributed by atoms with Gasteiger partial charge in [0.15, 0.2) is 5.78 Å². The second-order valence-corrected chi connectivity index (χ2v) is 7.91. The highest BCUT2D eigenvalue weighted by atomic mass is 16.1. The van der Waals surface area contributed by atoms with Crippen molar-refractivity contribution < 1.29 is 4.79 Å². The first-order valence-corrected chi connectivity index (χ1v) is 10.8. The normalized spacial score (nSPS) is 11.6. The van der Waals surface area contributed by atoms with E-state index in [0.29, 0.717) is 11.3 Å². The van der Waals surface area contributed by atoms with Crippen LogP contribution in [-0.2, 0) is 0 Å². The van der Waals surface area contributed by atoms with Gasteiger partial charge in [0, 0.05) is 22.5 Å². The molecule has 0 aliphatic rings. The van der Waals surface area contributed by atoms with E-state index < -0.39 is 0 Å². The fraction of sp³-hybridized carbons (Fsp3) is 0. The van der Waals surface area contributed by atoms with Gasteiger partial charge in [-0.1, -0.05) is 91.0 Å². The van der Waals surface area contributed by atoms with Crippen molar-refractivity contribution in [2.45, 2.75) is 0 Å². The van der Waals surface area contributed by atoms with Crippen LogP contribution in [0.1, 0.15) is 15.9 Å². The maximum absolute atomic E-state index is 13.5. The number of fused-ring (bicyclic) bond motifs is 5. The van der Waals surface area contributed by atoms with Crippen molar-refractivity contribution in [2.24, 2.45) is 0 Å². The first-order valence-electron chi connectivity index (χ1n) is 10.8. The molecule has 6 rings (SSSR count). The third-order valence-electron chi connectivity index (χ3n) is 5.85. The Morgan fingerprint density at radius 2 is 1.48 bits per heavy atom. The number of hydrogen-bond donors (Lipinski definition) is 0. The third-order valence-corrected chi connectivity index (χ3v) is 5.85. The molecule has 0 fully saturated rings. The highest BCUT2D eigenvalue weighted by Gasteiger charge is 2.21. The molecule has 33 heavy (non-hydrogen) atoms. The van der Waals surface area contributed by atoms with Crippen molar-refractivity contribution in [3.05, 3.63) is 120 Å². The Bertz CT molecular complexity index is 1670. The molecule has 0 unspecified atom stereocenters. The lowest BCUT2D eigenvalue weighted by Gasteiger charge is -2.05. The van der Waals surface area contributed by atoms with Gasteiger partial charge in [-0.05, 0) is 23.8 Å². The Morgan fingerprint density at radius 1 is 0.758 bits per heavy atom. The number of aromatic nitrogens is 3. The SMILES string of the molecule is O=C(/C=C/c1ccccc1)c1c(-c2ccccc2)nn2c1ccc1ccc3cccnc3c12. The summed E-state index contributed by atoms with van der Waals surface area (Å²) in [6.07, 6.45) is 5.26. The van der Waals surface area contributed by atoms with E-state index in [-0.39, 0.29) is 5.78 Å². The predicted molar refractivity (Wildman–Crippen MR) is 133 cm³/mol. The lowest BCUT2D eigenvalue weighted by molar-refractivity contribution is 0.104. The fourth-order valence-electron chi connectivity index (χ4n) is 4.29. The number of carbonyl (C=O) groups is 1. The highest BCUT2D eigenvalue weighted by molar-refractivity contribution is 6.16. The van der Waals surface area contributed by atoms with Crippen LogP contribution < -0.4 is 0 Å². The lowest BCUT2D eigenvalue weighted by atomic mass is 10.0. The number of nitrogens with zero attached hydrogens (tertiary/aromatic N) is 3. The zero-order chi connectivity index (χ0) is 22.2. The number of pyridine rings is 2. The molecule has 6 aromatic rings. The summed E-state index contributed by atoms with van der Waals surface area (Å²) in [5.41, 5.74) is 5.66. The number of rotatable bonds is 4. The van der Waals surface area contributed by atoms with Gasteiger partial charge >= 0.3 is 0 Å². The molecule has 0 amide bonds. The Labute approximate surface area is 190 Å². The summed E-state index contributed by atoms with van der Waals surface area (Å²) in [5.74, 6) is -0.0831. The summed E-state index contributed by atoms with van der Waals surface area (Å²) >= 11 is 0. The molecule has 3 heterocycles. The molecule has 0 N–H and O–H groups in total. The molecule has 3 aromatic heterocycles. The molecule has 0 aliphatic heterocycles. The van der Waals surface area contributed by atoms with Crippen LogP contribution in [-0.4, -0.2) is 20.4 Å². The monoisotopic (exact) mass is 425 g/mol. The van der Waals surface area contributed by atoms with E-state index in [9.17, 15) is 4.79 Å². The average molecular weight is 425 g/mol. The molecule has 0 atom stereocenters. The lowest BCUT2D eigenvalue weighted by Crippen LogP contribution is -1.97. The molecular formula is C29H19N3O. The molecular weight excluding hydrogens is 406 g/mol. The Morgan fingerprint density at radius 3 is 2.30 bits per heavy atom. The molecule has 0 bridgehead atoms. The van der Waals surface area contributed by atoms with Crippen LogP contribution in [0.3, 0.4) is 0 Å². The van der Waals surface area contributed by atoms with Gasteiger partial charge in [-0.25, -0.2) is 4.52 Å². The van der Waals surface area contributed by atoms with Crippen LogP contribution in [0, 0.1) is 0 Å². The topological polar surface area (TPSA) is 47.3 Å². The van der Waals surface area contributed by atoms with Crippen molar-refractivity contribution in [3.63, 3.8) is 0 Å². The summed E-state index contributed by atoms with van der Waals surface area (Å²) < 4.78 is 1.87. The largest absolute Gasteiger partial charge is 0.289 e. The molecule has 0 aliphatic carbocycles. The average Bonchev–Trinajstić information content (AvgIpc) is 3.28. The van der Waals surface area contributed by atoms with Gasteiger partial charge in [0.2, 0.25) is 0 Å². The maximum Gasteiger partial charge on any atom is 0.190 e. The Kier molecular flexibility index (Phi) is 4.55. The highest BCUT2D eigenvalue weighted by Crippen LogP contribution is 2.32. The van der Waals surface area contributed by atoms with Crippen LogP contribution >= 0.6 is 0 Å². The van der Waals surface area contributed by atoms with E-state index in [4.69, 9.17) is 5.10 Å². The van der Waals surface area contributed by atoms with Crippen molar-refractivity contribution in [2.75, 3.05) is 0 Å². The molecule has 0 saturated heterocycles. The first kappa shape index (κ1) is 19.1. The minimum Gasteiger partial charge on any atom is -0.289 e. The molecule has 156 valence electrons. The van der Waals surface area contributed by atoms with Gasteiger partial charge in [-0.2, -0.15) is 5.10 Å². The van der Waals surface area contributed by atoms with Gasteiger partial charge < -0.3 is 0 Å². The third kappa shape index (κ3) is 3.29. The quantitative estimate of drug-likeness (QED) is 0.182. The Hall–Kier alpha value is -4.57. The van der Waals surface area contributed by atoms with Crippen molar-refractivity contribution in [3.8, 4) is 11.3 Å². The van der Waals surface area contributed by atoms with E-state index in [1.807, 2.05) is 95.5 Å². The minimum absolute atomic E-state index is 0.0831. The zero-order valence-corrected chi connectivity index (χ0v) is 17.7. The van der Waals surface area contributed by atoms with Gasteiger partial charge in [0.25, 0.3) is 0 Å². The molecule has 4 nitrogen and oxygen atoms in total. The summed E-state index contributed by atoms with van der Waals surface area (Å²) in [4.78, 5) is 18.2. The minimum atomic E-state index is -0.0831. The number of hydrogen-bond acceptors (Lipinski definition) is 3. The molecule has 3 aromatic carbocycles. The first-order chi connectivity index (χ1) is 16.3. The van der Waals surface area contributed by atoms with E-state index in [1.54, 1.807) is 12.3 Å². The summed E-state index contributed by atoms with van der Waals surface area (Å²) in [6.45, 7) is 0. The van der Waals surface area contributed by atoms with Crippen LogP contribution in [0.25, 0.3) is 44.7 Å². The summed E-state index contributed by atoms with van der Waals surface area (Å²) in [7, 11) is 0. The van der Waals surface area contributed by atoms with Crippen molar-refractivity contribution >= 4 is 39.2 Å². The standard InChI is InChI=1S/C29H19N3O/c33-25(18-13-20-8-3-1-4-9-20)26-24-17-16-23-15-14-22-12-7-19-30-28(22)29(23)32(24)31-27(26)21-10-5-2-6-11-21/h1-19H/b18-13+. The molecule has 0 radical (unpaired) electrons. The number of benzene rings is 3. The second kappa shape index (κ2) is 7.84. The van der Waals surface area contributed by atoms with Gasteiger partial charge in [-0.15, -0.1) is 0 Å². The van der Waals surface area contributed by atoms with Crippen LogP contribution in [0.2, 0.25) is 0 Å². The van der Waals surface area contributed by atoms with Crippen LogP contribution in [0.4, 0.5) is 0 Å². The van der Waals surface area contributed by atoms with Gasteiger partial charge in [0.05, 0.1) is 22.1 Å². The van der Waals surface area contributed by atoms with Crippen molar-refractivity contribution in [1.29, 1.82) is 0 Å². The maximum atomic E-state index is 13.5. The van der Waals surface area contributed by atoms with Gasteiger partial charge in [0.1, 0.15) is 5.69 Å². The van der Waals surface area contributed by atoms with Crippen LogP contribution in [0.15, 0.2) is 109 Å². The second-order valence-electron chi connectivity index (χ2n) is 7.91. The van der Waals surface area contributed by atoms with Crippen molar-refractivity contribution in [1.82, 2.24) is 14.6 Å². The van der Waals surface area contributed by atoms with E-state index >= 15 is 0 Å². The molecule has 0 saturated carbocycles. The van der Waals surface area contributed by atoms with Gasteiger partial charge in [-0.3, -0.25) is 9.78 Å². The summed E-state index contributed by atoms with van der Waals surface area (Å²) in [5, 5.41) is 7.02.